The Balaban J connectivity index is 2.31. The van der Waals surface area contributed by atoms with Crippen molar-refractivity contribution in [1.82, 2.24) is 4.90 Å². The fourth-order valence-electron chi connectivity index (χ4n) is 2.11. The lowest BCUT2D eigenvalue weighted by molar-refractivity contribution is 0.0743. The van der Waals surface area contributed by atoms with Gasteiger partial charge in [-0.1, -0.05) is 6.07 Å². The van der Waals surface area contributed by atoms with Gasteiger partial charge in [0.15, 0.2) is 0 Å². The van der Waals surface area contributed by atoms with Crippen LogP contribution in [0.3, 0.4) is 0 Å². The molecule has 1 heterocycles. The highest BCUT2D eigenvalue weighted by Gasteiger charge is 2.31. The summed E-state index contributed by atoms with van der Waals surface area (Å²) >= 11 is 9.03. The zero-order valence-electron chi connectivity index (χ0n) is 9.13. The van der Waals surface area contributed by atoms with E-state index in [0.29, 0.717) is 16.9 Å². The Morgan fingerprint density at radius 3 is 3.00 bits per heavy atom. The molecule has 1 aromatic carbocycles. The highest BCUT2D eigenvalue weighted by Crippen LogP contribution is 2.26. The number of amides is 1. The highest BCUT2D eigenvalue weighted by atomic mass is 79.9. The molecule has 2 nitrogen and oxygen atoms in total. The van der Waals surface area contributed by atoms with Gasteiger partial charge in [-0.2, -0.15) is 0 Å². The van der Waals surface area contributed by atoms with E-state index in [-0.39, 0.29) is 17.5 Å². The summed E-state index contributed by atoms with van der Waals surface area (Å²) in [7, 11) is 0. The molecule has 1 unspecified atom stereocenters. The van der Waals surface area contributed by atoms with Gasteiger partial charge < -0.3 is 4.90 Å². The van der Waals surface area contributed by atoms with Crippen molar-refractivity contribution >= 4 is 33.4 Å². The topological polar surface area (TPSA) is 20.3 Å². The number of alkyl halides is 1. The van der Waals surface area contributed by atoms with Crippen LogP contribution in [-0.4, -0.2) is 29.3 Å². The Labute approximate surface area is 113 Å². The molecule has 0 aliphatic carbocycles. The maximum atomic E-state index is 13.7. The van der Waals surface area contributed by atoms with E-state index >= 15 is 0 Å². The van der Waals surface area contributed by atoms with Crippen molar-refractivity contribution in [1.29, 1.82) is 0 Å². The molecule has 92 valence electrons. The van der Waals surface area contributed by atoms with Crippen molar-refractivity contribution in [2.45, 2.75) is 18.9 Å². The van der Waals surface area contributed by atoms with Crippen LogP contribution in [0.5, 0.6) is 0 Å². The molecule has 0 bridgehead atoms. The van der Waals surface area contributed by atoms with Gasteiger partial charge in [-0.3, -0.25) is 4.79 Å². The predicted octanol–water partition coefficient (Wildman–Crippen LogP) is 3.43. The number of hydrogen-bond acceptors (Lipinski definition) is 1. The van der Waals surface area contributed by atoms with Gasteiger partial charge in [0, 0.05) is 22.9 Å². The molecular formula is C12H12BrClFNO. The minimum atomic E-state index is -0.496. The second-order valence-corrected chi connectivity index (χ2v) is 5.21. The normalized spacial score (nSPS) is 19.7. The van der Waals surface area contributed by atoms with E-state index in [2.05, 4.69) is 15.9 Å². The predicted molar refractivity (Wildman–Crippen MR) is 68.9 cm³/mol. The van der Waals surface area contributed by atoms with Crippen molar-refractivity contribution in [2.75, 3.05) is 12.4 Å². The smallest absolute Gasteiger partial charge is 0.258 e. The molecule has 1 aliphatic rings. The van der Waals surface area contributed by atoms with Crippen molar-refractivity contribution < 1.29 is 9.18 Å². The highest BCUT2D eigenvalue weighted by molar-refractivity contribution is 9.10. The molecule has 0 radical (unpaired) electrons. The van der Waals surface area contributed by atoms with Crippen molar-refractivity contribution in [3.63, 3.8) is 0 Å². The standard InChI is InChI=1S/C12H12BrClFNO/c13-9-4-1-5-10(15)11(9)12(17)16-6-2-3-8(16)7-14/h1,4-5,8H,2-3,6-7H2. The monoisotopic (exact) mass is 319 g/mol. The first-order chi connectivity index (χ1) is 8.15. The minimum absolute atomic E-state index is 0.0238. The molecule has 0 spiro atoms. The van der Waals surface area contributed by atoms with Gasteiger partial charge in [0.2, 0.25) is 0 Å². The van der Waals surface area contributed by atoms with Crippen molar-refractivity contribution in [3.8, 4) is 0 Å². The summed E-state index contributed by atoms with van der Waals surface area (Å²) in [5.41, 5.74) is 0.101. The number of benzene rings is 1. The van der Waals surface area contributed by atoms with Gasteiger partial charge in [0.05, 0.1) is 5.56 Å². The SMILES string of the molecule is O=C(c1c(F)cccc1Br)N1CCCC1CCl. The van der Waals surface area contributed by atoms with E-state index in [0.717, 1.165) is 12.8 Å². The average molecular weight is 321 g/mol. The average Bonchev–Trinajstić information content (AvgIpc) is 2.76. The third-order valence-corrected chi connectivity index (χ3v) is 4.01. The van der Waals surface area contributed by atoms with E-state index in [1.165, 1.54) is 6.07 Å². The molecule has 1 saturated heterocycles. The molecule has 1 amide bonds. The van der Waals surface area contributed by atoms with Crippen LogP contribution in [0.15, 0.2) is 22.7 Å². The third-order valence-electron chi connectivity index (χ3n) is 2.99. The minimum Gasteiger partial charge on any atom is -0.334 e. The van der Waals surface area contributed by atoms with Crippen LogP contribution < -0.4 is 0 Å². The van der Waals surface area contributed by atoms with Crippen LogP contribution in [0, 0.1) is 5.82 Å². The Morgan fingerprint density at radius 2 is 2.35 bits per heavy atom. The molecule has 1 fully saturated rings. The Morgan fingerprint density at radius 1 is 1.59 bits per heavy atom. The summed E-state index contributed by atoms with van der Waals surface area (Å²) in [6.07, 6.45) is 1.82. The largest absolute Gasteiger partial charge is 0.334 e. The fourth-order valence-corrected chi connectivity index (χ4v) is 2.94. The summed E-state index contributed by atoms with van der Waals surface area (Å²) < 4.78 is 14.2. The van der Waals surface area contributed by atoms with E-state index in [4.69, 9.17) is 11.6 Å². The number of halogens is 3. The van der Waals surface area contributed by atoms with E-state index in [1.807, 2.05) is 0 Å². The molecule has 2 rings (SSSR count). The summed E-state index contributed by atoms with van der Waals surface area (Å²) in [5.74, 6) is -0.375. The van der Waals surface area contributed by atoms with Gasteiger partial charge in [-0.25, -0.2) is 4.39 Å². The number of likely N-dealkylation sites (tertiary alicyclic amines) is 1. The molecule has 0 N–H and O–H groups in total. The number of carbonyl (C=O) groups excluding carboxylic acids is 1. The lowest BCUT2D eigenvalue weighted by atomic mass is 10.1. The first-order valence-corrected chi connectivity index (χ1v) is 6.79. The number of rotatable bonds is 2. The lowest BCUT2D eigenvalue weighted by Crippen LogP contribution is -2.37. The van der Waals surface area contributed by atoms with Gasteiger partial charge in [0.25, 0.3) is 5.91 Å². The third kappa shape index (κ3) is 2.47. The number of nitrogens with zero attached hydrogens (tertiary/aromatic N) is 1. The number of carbonyl (C=O) groups is 1. The molecule has 17 heavy (non-hydrogen) atoms. The quantitative estimate of drug-likeness (QED) is 0.765. The molecule has 1 aromatic rings. The van der Waals surface area contributed by atoms with Crippen LogP contribution in [-0.2, 0) is 0 Å². The molecule has 5 heteroatoms. The number of hydrogen-bond donors (Lipinski definition) is 0. The summed E-state index contributed by atoms with van der Waals surface area (Å²) in [6.45, 7) is 0.650. The maximum Gasteiger partial charge on any atom is 0.258 e. The first kappa shape index (κ1) is 12.8. The van der Waals surface area contributed by atoms with E-state index in [1.54, 1.807) is 17.0 Å². The molecule has 1 atom stereocenters. The van der Waals surface area contributed by atoms with Crippen LogP contribution in [0.2, 0.25) is 0 Å². The molecular weight excluding hydrogens is 308 g/mol. The Hall–Kier alpha value is -0.610. The van der Waals surface area contributed by atoms with Crippen molar-refractivity contribution in [3.05, 3.63) is 34.1 Å². The molecule has 0 aromatic heterocycles. The lowest BCUT2D eigenvalue weighted by Gasteiger charge is -2.23. The summed E-state index contributed by atoms with van der Waals surface area (Å²) in [6, 6.07) is 4.56. The summed E-state index contributed by atoms with van der Waals surface area (Å²) in [5, 5.41) is 0. The fraction of sp³-hybridized carbons (Fsp3) is 0.417. The van der Waals surface area contributed by atoms with Crippen LogP contribution in [0.1, 0.15) is 23.2 Å². The van der Waals surface area contributed by atoms with E-state index in [9.17, 15) is 9.18 Å². The second kappa shape index (κ2) is 5.36. The van der Waals surface area contributed by atoms with Crippen molar-refractivity contribution in [2.24, 2.45) is 0 Å². The van der Waals surface area contributed by atoms with Gasteiger partial charge in [-0.15, -0.1) is 11.6 Å². The molecule has 0 saturated carbocycles. The summed E-state index contributed by atoms with van der Waals surface area (Å²) in [4.78, 5) is 13.9. The zero-order chi connectivity index (χ0) is 12.4. The van der Waals surface area contributed by atoms with E-state index < -0.39 is 5.82 Å². The molecule has 1 aliphatic heterocycles. The van der Waals surface area contributed by atoms with Gasteiger partial charge in [0.1, 0.15) is 5.82 Å². The Bertz CT molecular complexity index is 420. The first-order valence-electron chi connectivity index (χ1n) is 5.46. The Kier molecular flexibility index (Phi) is 4.05. The van der Waals surface area contributed by atoms with Gasteiger partial charge >= 0.3 is 0 Å². The maximum absolute atomic E-state index is 13.7. The van der Waals surface area contributed by atoms with Crippen LogP contribution >= 0.6 is 27.5 Å². The van der Waals surface area contributed by atoms with Crippen LogP contribution in [0.25, 0.3) is 0 Å². The zero-order valence-corrected chi connectivity index (χ0v) is 11.5. The second-order valence-electron chi connectivity index (χ2n) is 4.05. The van der Waals surface area contributed by atoms with Gasteiger partial charge in [-0.05, 0) is 40.9 Å². The van der Waals surface area contributed by atoms with Crippen LogP contribution in [0.4, 0.5) is 4.39 Å².